The number of quaternary nitrogens is 1. The summed E-state index contributed by atoms with van der Waals surface area (Å²) in [5, 5.41) is 3.21. The topological polar surface area (TPSA) is 96.9 Å². The molecule has 0 spiro atoms. The zero-order valence-electron chi connectivity index (χ0n) is 14.3. The Hall–Kier alpha value is -2.12. The zero-order valence-corrected chi connectivity index (χ0v) is 15.0. The molecule has 8 heteroatoms. The fraction of sp³-hybridized carbons (Fsp3) is 0.471. The molecule has 1 saturated heterocycles. The molecule has 0 aromatic heterocycles. The molecule has 0 radical (unpaired) electrons. The summed E-state index contributed by atoms with van der Waals surface area (Å²) in [7, 11) is 1.78. The van der Waals surface area contributed by atoms with Crippen LogP contribution >= 0.6 is 11.6 Å². The number of hydrogen-bond acceptors (Lipinski definition) is 3. The molecule has 3 amide bonds. The summed E-state index contributed by atoms with van der Waals surface area (Å²) in [5.41, 5.74) is 5.89. The fourth-order valence-electron chi connectivity index (χ4n) is 2.90. The van der Waals surface area contributed by atoms with Gasteiger partial charge in [0.05, 0.1) is 23.7 Å². The third-order valence-electron chi connectivity index (χ3n) is 4.24. The molecule has 25 heavy (non-hydrogen) atoms. The second-order valence-electron chi connectivity index (χ2n) is 6.42. The molecule has 1 unspecified atom stereocenters. The lowest BCUT2D eigenvalue weighted by atomic mass is 9.97. The second-order valence-corrected chi connectivity index (χ2v) is 6.83. The van der Waals surface area contributed by atoms with Crippen LogP contribution in [0.1, 0.15) is 12.8 Å². The first-order valence-corrected chi connectivity index (χ1v) is 8.67. The van der Waals surface area contributed by atoms with Gasteiger partial charge in [0.25, 0.3) is 11.8 Å². The smallest absolute Gasteiger partial charge is 0.279 e. The van der Waals surface area contributed by atoms with Gasteiger partial charge in [-0.05, 0) is 25.0 Å². The molecule has 1 aliphatic rings. The van der Waals surface area contributed by atoms with Gasteiger partial charge in [-0.25, -0.2) is 0 Å². The van der Waals surface area contributed by atoms with Crippen molar-refractivity contribution in [3.8, 4) is 0 Å². The van der Waals surface area contributed by atoms with E-state index < -0.39 is 0 Å². The lowest BCUT2D eigenvalue weighted by molar-refractivity contribution is -0.862. The molecule has 1 aromatic rings. The number of hydrogen-bond donors (Lipinski definition) is 3. The number of anilines is 1. The quantitative estimate of drug-likeness (QED) is 0.633. The van der Waals surface area contributed by atoms with E-state index in [4.69, 9.17) is 17.3 Å². The molecule has 1 heterocycles. The summed E-state index contributed by atoms with van der Waals surface area (Å²) in [6.07, 6.45) is 1.49. The van der Waals surface area contributed by atoms with Gasteiger partial charge in [-0.15, -0.1) is 0 Å². The Bertz CT molecular complexity index is 653. The van der Waals surface area contributed by atoms with Crippen LogP contribution < -0.4 is 16.0 Å². The first kappa shape index (κ1) is 19.2. The number of benzene rings is 1. The minimum absolute atomic E-state index is 0.0750. The number of carbonyl (C=O) groups is 3. The average Bonchev–Trinajstić information content (AvgIpc) is 2.56. The molecule has 136 valence electrons. The number of likely N-dealkylation sites (N-methyl/N-ethyl adjacent to an activating group) is 1. The van der Waals surface area contributed by atoms with E-state index in [2.05, 4.69) is 5.32 Å². The SMILES string of the molecule is C[NH+](CC(=O)Nc1ccccc1Cl)CC(=O)N1CCC[C@@H](C(N)=O)C1. The standard InChI is InChI=1S/C17H23ClN4O3/c1-21(10-15(23)20-14-7-3-2-6-13(14)18)11-16(24)22-8-4-5-12(9-22)17(19)25/h2-3,6-7,12H,4-5,8-11H2,1H3,(H2,19,25)(H,20,23)/p+1/t12-/m1/s1. The molecule has 0 saturated carbocycles. The maximum absolute atomic E-state index is 12.4. The third kappa shape index (κ3) is 5.72. The van der Waals surface area contributed by atoms with Crippen molar-refractivity contribution in [2.45, 2.75) is 12.8 Å². The summed E-state index contributed by atoms with van der Waals surface area (Å²) in [5.74, 6) is -0.931. The van der Waals surface area contributed by atoms with E-state index in [0.29, 0.717) is 23.8 Å². The van der Waals surface area contributed by atoms with Crippen LogP contribution in [0.25, 0.3) is 0 Å². The number of halogens is 1. The molecule has 2 rings (SSSR count). The Labute approximate surface area is 152 Å². The van der Waals surface area contributed by atoms with E-state index in [0.717, 1.165) is 17.7 Å². The van der Waals surface area contributed by atoms with Gasteiger partial charge in [0, 0.05) is 13.1 Å². The van der Waals surface area contributed by atoms with E-state index in [-0.39, 0.29) is 36.7 Å². The number of primary amides is 1. The number of likely N-dealkylation sites (tertiary alicyclic amines) is 1. The van der Waals surface area contributed by atoms with Crippen molar-refractivity contribution in [3.63, 3.8) is 0 Å². The number of nitrogens with one attached hydrogen (secondary N) is 2. The van der Waals surface area contributed by atoms with Crippen LogP contribution in [0.2, 0.25) is 5.02 Å². The molecular weight excluding hydrogens is 344 g/mol. The van der Waals surface area contributed by atoms with Crippen molar-refractivity contribution >= 4 is 35.0 Å². The first-order chi connectivity index (χ1) is 11.9. The summed E-state index contributed by atoms with van der Waals surface area (Å²) >= 11 is 6.01. The highest BCUT2D eigenvalue weighted by Gasteiger charge is 2.28. The van der Waals surface area contributed by atoms with Crippen molar-refractivity contribution in [3.05, 3.63) is 29.3 Å². The summed E-state index contributed by atoms with van der Waals surface area (Å²) < 4.78 is 0. The molecule has 0 bridgehead atoms. The normalized spacial score (nSPS) is 18.5. The van der Waals surface area contributed by atoms with Gasteiger partial charge < -0.3 is 20.9 Å². The zero-order chi connectivity index (χ0) is 18.4. The minimum atomic E-state index is -0.364. The summed E-state index contributed by atoms with van der Waals surface area (Å²) in [6, 6.07) is 6.99. The molecule has 2 atom stereocenters. The largest absolute Gasteiger partial charge is 0.369 e. The minimum Gasteiger partial charge on any atom is -0.369 e. The predicted molar refractivity (Wildman–Crippen MR) is 95.2 cm³/mol. The molecule has 7 nitrogen and oxygen atoms in total. The van der Waals surface area contributed by atoms with Gasteiger partial charge in [0.2, 0.25) is 5.91 Å². The highest BCUT2D eigenvalue weighted by molar-refractivity contribution is 6.33. The second kappa shape index (κ2) is 8.82. The Balaban J connectivity index is 1.82. The van der Waals surface area contributed by atoms with Crippen LogP contribution in [0.3, 0.4) is 0 Å². The van der Waals surface area contributed by atoms with Gasteiger partial charge >= 0.3 is 0 Å². The third-order valence-corrected chi connectivity index (χ3v) is 4.57. The Morgan fingerprint density at radius 1 is 1.32 bits per heavy atom. The maximum Gasteiger partial charge on any atom is 0.279 e. The van der Waals surface area contributed by atoms with Gasteiger partial charge in [-0.2, -0.15) is 0 Å². The Kier molecular flexibility index (Phi) is 6.78. The monoisotopic (exact) mass is 367 g/mol. The molecule has 0 aliphatic carbocycles. The maximum atomic E-state index is 12.4. The number of piperidine rings is 1. The number of rotatable bonds is 6. The van der Waals surface area contributed by atoms with E-state index in [9.17, 15) is 14.4 Å². The summed E-state index contributed by atoms with van der Waals surface area (Å²) in [4.78, 5) is 38.2. The Morgan fingerprint density at radius 3 is 2.72 bits per heavy atom. The first-order valence-electron chi connectivity index (χ1n) is 8.29. The number of amides is 3. The molecule has 4 N–H and O–H groups in total. The summed E-state index contributed by atoms with van der Waals surface area (Å²) in [6.45, 7) is 1.32. The van der Waals surface area contributed by atoms with Gasteiger partial charge in [-0.1, -0.05) is 23.7 Å². The van der Waals surface area contributed by atoms with Gasteiger partial charge in [-0.3, -0.25) is 14.4 Å². The highest BCUT2D eigenvalue weighted by Crippen LogP contribution is 2.20. The molecular formula is C17H24ClN4O3+. The number of nitrogens with two attached hydrogens (primary N) is 1. The lowest BCUT2D eigenvalue weighted by Crippen LogP contribution is -3.11. The lowest BCUT2D eigenvalue weighted by Gasteiger charge is -2.31. The van der Waals surface area contributed by atoms with Crippen molar-refractivity contribution < 1.29 is 19.3 Å². The molecule has 1 aromatic carbocycles. The van der Waals surface area contributed by atoms with E-state index in [1.807, 2.05) is 0 Å². The van der Waals surface area contributed by atoms with Crippen LogP contribution in [0.15, 0.2) is 24.3 Å². The van der Waals surface area contributed by atoms with E-state index in [1.54, 1.807) is 36.2 Å². The van der Waals surface area contributed by atoms with Crippen molar-refractivity contribution in [1.29, 1.82) is 0 Å². The molecule has 1 aliphatic heterocycles. The number of para-hydroxylation sites is 1. The number of carbonyl (C=O) groups excluding carboxylic acids is 3. The highest BCUT2D eigenvalue weighted by atomic mass is 35.5. The predicted octanol–water partition coefficient (Wildman–Crippen LogP) is -0.483. The van der Waals surface area contributed by atoms with Crippen LogP contribution in [0, 0.1) is 5.92 Å². The fourth-order valence-corrected chi connectivity index (χ4v) is 3.08. The van der Waals surface area contributed by atoms with E-state index >= 15 is 0 Å². The van der Waals surface area contributed by atoms with Crippen molar-refractivity contribution in [1.82, 2.24) is 4.90 Å². The van der Waals surface area contributed by atoms with Crippen LogP contribution in [0.5, 0.6) is 0 Å². The van der Waals surface area contributed by atoms with Crippen molar-refractivity contribution in [2.24, 2.45) is 11.7 Å². The number of nitrogens with zero attached hydrogens (tertiary/aromatic N) is 1. The Morgan fingerprint density at radius 2 is 2.04 bits per heavy atom. The van der Waals surface area contributed by atoms with Crippen LogP contribution in [-0.2, 0) is 14.4 Å². The van der Waals surface area contributed by atoms with Gasteiger partial charge in [0.1, 0.15) is 0 Å². The van der Waals surface area contributed by atoms with Crippen molar-refractivity contribution in [2.75, 3.05) is 38.5 Å². The van der Waals surface area contributed by atoms with Crippen LogP contribution in [-0.4, -0.2) is 55.8 Å². The van der Waals surface area contributed by atoms with Gasteiger partial charge in [0.15, 0.2) is 13.1 Å². The van der Waals surface area contributed by atoms with Crippen LogP contribution in [0.4, 0.5) is 5.69 Å². The average molecular weight is 368 g/mol. The molecule has 1 fully saturated rings. The van der Waals surface area contributed by atoms with E-state index in [1.165, 1.54) is 0 Å².